The normalized spacial score (nSPS) is 11.1. The van der Waals surface area contributed by atoms with E-state index in [0.29, 0.717) is 6.61 Å². The average molecular weight is 178 g/mol. The second-order valence-corrected chi connectivity index (χ2v) is 2.28. The zero-order valence-electron chi connectivity index (χ0n) is 8.42. The molecule has 0 heterocycles. The zero-order chi connectivity index (χ0) is 9.98. The van der Waals surface area contributed by atoms with Crippen molar-refractivity contribution in [2.24, 2.45) is 0 Å². The van der Waals surface area contributed by atoms with E-state index in [1.54, 1.807) is 28.3 Å². The Balaban J connectivity index is 0. The summed E-state index contributed by atoms with van der Waals surface area (Å²) >= 11 is 0. The maximum absolute atomic E-state index is 10.3. The van der Waals surface area contributed by atoms with Crippen molar-refractivity contribution in [2.75, 3.05) is 27.9 Å². The number of hydrogen-bond acceptors (Lipinski definition) is 4. The number of hydrogen-bond donors (Lipinski definition) is 0. The van der Waals surface area contributed by atoms with Crippen molar-refractivity contribution in [3.63, 3.8) is 0 Å². The van der Waals surface area contributed by atoms with Gasteiger partial charge in [0.25, 0.3) is 0 Å². The fraction of sp³-hybridized carbons (Fsp3) is 0.875. The Labute approximate surface area is 73.8 Å². The fourth-order valence-corrected chi connectivity index (χ4v) is 0.552. The third kappa shape index (κ3) is 16.2. The summed E-state index contributed by atoms with van der Waals surface area (Å²) < 4.78 is 13.7. The summed E-state index contributed by atoms with van der Waals surface area (Å²) in [4.78, 5) is 10.3. The summed E-state index contributed by atoms with van der Waals surface area (Å²) in [6.07, 6.45) is -0.132. The van der Waals surface area contributed by atoms with Crippen molar-refractivity contribution in [1.29, 1.82) is 0 Å². The van der Waals surface area contributed by atoms with E-state index in [-0.39, 0.29) is 12.1 Å². The molecule has 1 atom stereocenters. The first-order valence-corrected chi connectivity index (χ1v) is 3.64. The zero-order valence-corrected chi connectivity index (χ0v) is 8.42. The average Bonchev–Trinajstić information content (AvgIpc) is 1.87. The van der Waals surface area contributed by atoms with Crippen molar-refractivity contribution in [2.45, 2.75) is 20.0 Å². The van der Waals surface area contributed by atoms with Crippen LogP contribution in [0.4, 0.5) is 0 Å². The Morgan fingerprint density at radius 1 is 1.33 bits per heavy atom. The minimum atomic E-state index is -0.264. The van der Waals surface area contributed by atoms with Gasteiger partial charge >= 0.3 is 5.97 Å². The third-order valence-electron chi connectivity index (χ3n) is 0.769. The Bertz CT molecular complexity index is 103. The molecule has 74 valence electrons. The molecule has 0 spiro atoms. The molecule has 0 saturated heterocycles. The second kappa shape index (κ2) is 10.4. The number of carbonyl (C=O) groups excluding carboxylic acids is 1. The summed E-state index contributed by atoms with van der Waals surface area (Å²) in [5, 5.41) is 0. The van der Waals surface area contributed by atoms with E-state index in [1.165, 1.54) is 6.92 Å². The summed E-state index contributed by atoms with van der Waals surface area (Å²) in [7, 11) is 4.82. The Kier molecular flexibility index (Phi) is 12.1. The van der Waals surface area contributed by atoms with Crippen molar-refractivity contribution >= 4 is 5.97 Å². The molecule has 4 nitrogen and oxygen atoms in total. The third-order valence-corrected chi connectivity index (χ3v) is 0.769. The SMILES string of the molecule is COC.COCC(C)OC(C)=O. The number of rotatable bonds is 3. The first-order valence-electron chi connectivity index (χ1n) is 3.64. The molecule has 12 heavy (non-hydrogen) atoms. The summed E-state index contributed by atoms with van der Waals surface area (Å²) in [5.41, 5.74) is 0. The number of ether oxygens (including phenoxy) is 3. The topological polar surface area (TPSA) is 44.8 Å². The molecule has 0 amide bonds. The highest BCUT2D eigenvalue weighted by Crippen LogP contribution is 1.90. The molecule has 0 aromatic carbocycles. The molecule has 0 N–H and O–H groups in total. The van der Waals surface area contributed by atoms with Gasteiger partial charge in [0.15, 0.2) is 0 Å². The smallest absolute Gasteiger partial charge is 0.302 e. The van der Waals surface area contributed by atoms with Gasteiger partial charge in [0.1, 0.15) is 6.10 Å². The molecular weight excluding hydrogens is 160 g/mol. The summed E-state index contributed by atoms with van der Waals surface area (Å²) in [5.74, 6) is -0.264. The summed E-state index contributed by atoms with van der Waals surface area (Å²) in [6.45, 7) is 3.62. The number of carbonyl (C=O) groups is 1. The molecular formula is C8H18O4. The van der Waals surface area contributed by atoms with Crippen LogP contribution in [0.5, 0.6) is 0 Å². The van der Waals surface area contributed by atoms with Gasteiger partial charge in [-0.25, -0.2) is 0 Å². The monoisotopic (exact) mass is 178 g/mol. The Morgan fingerprint density at radius 3 is 2.00 bits per heavy atom. The lowest BCUT2D eigenvalue weighted by atomic mass is 10.4. The molecule has 0 aliphatic heterocycles. The van der Waals surface area contributed by atoms with Crippen molar-refractivity contribution < 1.29 is 19.0 Å². The highest BCUT2D eigenvalue weighted by atomic mass is 16.6. The minimum Gasteiger partial charge on any atom is -0.460 e. The van der Waals surface area contributed by atoms with Gasteiger partial charge in [-0.3, -0.25) is 4.79 Å². The van der Waals surface area contributed by atoms with Crippen LogP contribution >= 0.6 is 0 Å². The fourth-order valence-electron chi connectivity index (χ4n) is 0.552. The molecule has 0 saturated carbocycles. The van der Waals surface area contributed by atoms with Crippen LogP contribution in [-0.2, 0) is 19.0 Å². The first kappa shape index (κ1) is 13.9. The second-order valence-electron chi connectivity index (χ2n) is 2.28. The predicted molar refractivity (Wildman–Crippen MR) is 46.0 cm³/mol. The van der Waals surface area contributed by atoms with Gasteiger partial charge in [-0.2, -0.15) is 0 Å². The number of esters is 1. The van der Waals surface area contributed by atoms with Gasteiger partial charge in [-0.1, -0.05) is 0 Å². The Hall–Kier alpha value is -0.610. The molecule has 0 aromatic heterocycles. The quantitative estimate of drug-likeness (QED) is 0.601. The van der Waals surface area contributed by atoms with E-state index in [0.717, 1.165) is 0 Å². The lowest BCUT2D eigenvalue weighted by Crippen LogP contribution is -2.17. The standard InChI is InChI=1S/C6H12O3.C2H6O/c1-5(4-8-3)9-6(2)7;1-3-2/h5H,4H2,1-3H3;1-2H3. The number of methoxy groups -OCH3 is 2. The maximum Gasteiger partial charge on any atom is 0.302 e. The molecule has 1 unspecified atom stereocenters. The van der Waals surface area contributed by atoms with Crippen LogP contribution in [0.3, 0.4) is 0 Å². The first-order chi connectivity index (χ1) is 5.58. The van der Waals surface area contributed by atoms with Gasteiger partial charge in [0.05, 0.1) is 6.61 Å². The minimum absolute atomic E-state index is 0.132. The van der Waals surface area contributed by atoms with E-state index in [1.807, 2.05) is 0 Å². The van der Waals surface area contributed by atoms with Gasteiger partial charge in [-0.05, 0) is 6.92 Å². The van der Waals surface area contributed by atoms with Crippen LogP contribution in [0.15, 0.2) is 0 Å². The summed E-state index contributed by atoms with van der Waals surface area (Å²) in [6, 6.07) is 0. The molecule has 0 radical (unpaired) electrons. The van der Waals surface area contributed by atoms with Crippen LogP contribution in [0.2, 0.25) is 0 Å². The van der Waals surface area contributed by atoms with Crippen LogP contribution < -0.4 is 0 Å². The molecule has 0 aliphatic carbocycles. The van der Waals surface area contributed by atoms with Crippen LogP contribution in [0.25, 0.3) is 0 Å². The highest BCUT2D eigenvalue weighted by molar-refractivity contribution is 5.66. The van der Waals surface area contributed by atoms with Crippen LogP contribution in [-0.4, -0.2) is 40.0 Å². The van der Waals surface area contributed by atoms with Gasteiger partial charge in [-0.15, -0.1) is 0 Å². The Morgan fingerprint density at radius 2 is 1.75 bits per heavy atom. The van der Waals surface area contributed by atoms with Crippen LogP contribution in [0, 0.1) is 0 Å². The highest BCUT2D eigenvalue weighted by Gasteiger charge is 2.02. The largest absolute Gasteiger partial charge is 0.460 e. The van der Waals surface area contributed by atoms with Crippen molar-refractivity contribution in [3.8, 4) is 0 Å². The van der Waals surface area contributed by atoms with Crippen molar-refractivity contribution in [1.82, 2.24) is 0 Å². The molecule has 4 heteroatoms. The van der Waals surface area contributed by atoms with E-state index in [9.17, 15) is 4.79 Å². The van der Waals surface area contributed by atoms with Gasteiger partial charge < -0.3 is 14.2 Å². The van der Waals surface area contributed by atoms with E-state index >= 15 is 0 Å². The van der Waals surface area contributed by atoms with Crippen LogP contribution in [0.1, 0.15) is 13.8 Å². The molecule has 0 fully saturated rings. The molecule has 0 aromatic rings. The van der Waals surface area contributed by atoms with Gasteiger partial charge in [0, 0.05) is 28.3 Å². The molecule has 0 bridgehead atoms. The van der Waals surface area contributed by atoms with E-state index in [2.05, 4.69) is 4.74 Å². The maximum atomic E-state index is 10.3. The van der Waals surface area contributed by atoms with E-state index in [4.69, 9.17) is 9.47 Å². The lowest BCUT2D eigenvalue weighted by Gasteiger charge is -2.08. The molecule has 0 rings (SSSR count). The van der Waals surface area contributed by atoms with E-state index < -0.39 is 0 Å². The predicted octanol–water partition coefficient (Wildman–Crippen LogP) is 0.847. The van der Waals surface area contributed by atoms with Crippen molar-refractivity contribution in [3.05, 3.63) is 0 Å². The van der Waals surface area contributed by atoms with Gasteiger partial charge in [0.2, 0.25) is 0 Å². The lowest BCUT2D eigenvalue weighted by molar-refractivity contribution is -0.147. The molecule has 0 aliphatic rings.